The van der Waals surface area contributed by atoms with Gasteiger partial charge in [0.15, 0.2) is 5.78 Å². The van der Waals surface area contributed by atoms with Gasteiger partial charge in [-0.2, -0.15) is 0 Å². The van der Waals surface area contributed by atoms with E-state index in [0.29, 0.717) is 25.0 Å². The molecule has 0 saturated heterocycles. The highest BCUT2D eigenvalue weighted by molar-refractivity contribution is 6.04. The Hall–Kier alpha value is -3.34. The van der Waals surface area contributed by atoms with Crippen LogP contribution in [0.25, 0.3) is 0 Å². The summed E-state index contributed by atoms with van der Waals surface area (Å²) < 4.78 is 11.4. The van der Waals surface area contributed by atoms with Crippen molar-refractivity contribution in [2.75, 3.05) is 11.5 Å². The molecule has 5 nitrogen and oxygen atoms in total. The minimum atomic E-state index is -0.319. The number of ketones is 1. The Bertz CT molecular complexity index is 1130. The number of carbonyl (C=O) groups excluding carboxylic acids is 2. The predicted molar refractivity (Wildman–Crippen MR) is 117 cm³/mol. The molecule has 1 aliphatic carbocycles. The lowest BCUT2D eigenvalue weighted by Crippen LogP contribution is -2.37. The van der Waals surface area contributed by atoms with Gasteiger partial charge in [0, 0.05) is 35.9 Å². The lowest BCUT2D eigenvalue weighted by atomic mass is 9.73. The van der Waals surface area contributed by atoms with Gasteiger partial charge in [0.2, 0.25) is 0 Å². The summed E-state index contributed by atoms with van der Waals surface area (Å²) in [6, 6.07) is 17.8. The van der Waals surface area contributed by atoms with E-state index in [9.17, 15) is 9.59 Å². The predicted octanol–water partition coefficient (Wildman–Crippen LogP) is 4.93. The summed E-state index contributed by atoms with van der Waals surface area (Å²) in [4.78, 5) is 27.4. The minimum absolute atomic E-state index is 0.124. The maximum Gasteiger partial charge on any atom is 0.336 e. The molecule has 5 heteroatoms. The average molecular weight is 415 g/mol. The lowest BCUT2D eigenvalue weighted by molar-refractivity contribution is -0.136. The molecular weight excluding hydrogens is 390 g/mol. The first-order chi connectivity index (χ1) is 14.9. The number of anilines is 1. The van der Waals surface area contributed by atoms with Crippen LogP contribution >= 0.6 is 0 Å². The molecule has 2 aromatic carbocycles. The summed E-state index contributed by atoms with van der Waals surface area (Å²) in [5.41, 5.74) is 5.02. The Kier molecular flexibility index (Phi) is 4.69. The molecule has 2 aromatic rings. The summed E-state index contributed by atoms with van der Waals surface area (Å²) in [6.07, 6.45) is 1.64. The molecule has 0 spiro atoms. The fourth-order valence-electron chi connectivity index (χ4n) is 4.64. The van der Waals surface area contributed by atoms with Crippen LogP contribution in [-0.2, 0) is 20.9 Å². The Morgan fingerprint density at radius 2 is 1.77 bits per heavy atom. The normalized spacial score (nSPS) is 19.9. The third-order valence-corrected chi connectivity index (χ3v) is 6.12. The minimum Gasteiger partial charge on any atom is -0.489 e. The van der Waals surface area contributed by atoms with Gasteiger partial charge in [-0.05, 0) is 29.5 Å². The first kappa shape index (κ1) is 19.6. The van der Waals surface area contributed by atoms with Crippen LogP contribution in [0.5, 0.6) is 5.75 Å². The van der Waals surface area contributed by atoms with E-state index in [1.165, 1.54) is 0 Å². The fourth-order valence-corrected chi connectivity index (χ4v) is 4.64. The van der Waals surface area contributed by atoms with Crippen LogP contribution in [-0.4, -0.2) is 18.4 Å². The topological polar surface area (TPSA) is 55.8 Å². The zero-order valence-corrected chi connectivity index (χ0v) is 17.8. The Balaban J connectivity index is 1.52. The molecule has 0 unspecified atom stereocenters. The van der Waals surface area contributed by atoms with Crippen LogP contribution in [0.15, 0.2) is 77.1 Å². The quantitative estimate of drug-likeness (QED) is 0.663. The SMILES string of the molecule is CC1(C)CC(=O)C2=C(C1)N(c1cccc(OCc3ccccc3)c1)C1=C(C2)C(=O)OC1. The maximum atomic E-state index is 13.0. The van der Waals surface area contributed by atoms with Crippen molar-refractivity contribution in [1.82, 2.24) is 0 Å². The van der Waals surface area contributed by atoms with Crippen LogP contribution in [0.2, 0.25) is 0 Å². The number of Topliss-reactive ketones (excluding diaryl/α,β-unsaturated/α-hetero) is 1. The average Bonchev–Trinajstić information content (AvgIpc) is 3.11. The number of nitrogens with zero attached hydrogens (tertiary/aromatic N) is 1. The van der Waals surface area contributed by atoms with Gasteiger partial charge < -0.3 is 14.4 Å². The number of cyclic esters (lactones) is 1. The molecular formula is C26H25NO4. The first-order valence-electron chi connectivity index (χ1n) is 10.6. The van der Waals surface area contributed by atoms with E-state index >= 15 is 0 Å². The molecule has 0 saturated carbocycles. The molecule has 0 bridgehead atoms. The number of hydrogen-bond acceptors (Lipinski definition) is 5. The smallest absolute Gasteiger partial charge is 0.336 e. The molecule has 2 aliphatic heterocycles. The van der Waals surface area contributed by atoms with Gasteiger partial charge in [0.1, 0.15) is 19.0 Å². The standard InChI is InChI=1S/C26H25NO4/c1-26(2)13-22-20(24(28)14-26)12-21-23(16-31-25(21)29)27(22)18-9-6-10-19(11-18)30-15-17-7-4-3-5-8-17/h3-11H,12-16H2,1-2H3. The summed E-state index contributed by atoms with van der Waals surface area (Å²) in [5.74, 6) is 0.544. The summed E-state index contributed by atoms with van der Waals surface area (Å²) in [6.45, 7) is 4.94. The molecule has 0 amide bonds. The molecule has 158 valence electrons. The van der Waals surface area contributed by atoms with Crippen molar-refractivity contribution in [3.05, 3.63) is 82.7 Å². The molecule has 0 fully saturated rings. The molecule has 0 aromatic heterocycles. The Morgan fingerprint density at radius 3 is 2.58 bits per heavy atom. The zero-order valence-electron chi connectivity index (χ0n) is 17.8. The van der Waals surface area contributed by atoms with Crippen molar-refractivity contribution in [3.63, 3.8) is 0 Å². The number of carbonyl (C=O) groups is 2. The summed E-state index contributed by atoms with van der Waals surface area (Å²) in [5, 5.41) is 0. The van der Waals surface area contributed by atoms with E-state index < -0.39 is 0 Å². The number of benzene rings is 2. The number of ether oxygens (including phenoxy) is 2. The Morgan fingerprint density at radius 1 is 0.968 bits per heavy atom. The van der Waals surface area contributed by atoms with Crippen molar-refractivity contribution in [2.45, 2.75) is 39.7 Å². The van der Waals surface area contributed by atoms with Crippen LogP contribution in [0.4, 0.5) is 5.69 Å². The van der Waals surface area contributed by atoms with Gasteiger partial charge >= 0.3 is 5.97 Å². The number of rotatable bonds is 4. The van der Waals surface area contributed by atoms with E-state index in [1.54, 1.807) is 0 Å². The van der Waals surface area contributed by atoms with Crippen molar-refractivity contribution in [1.29, 1.82) is 0 Å². The second-order valence-electron chi connectivity index (χ2n) is 9.15. The summed E-state index contributed by atoms with van der Waals surface area (Å²) in [7, 11) is 0. The number of esters is 1. The molecule has 0 atom stereocenters. The van der Waals surface area contributed by atoms with E-state index in [2.05, 4.69) is 18.7 Å². The fraction of sp³-hybridized carbons (Fsp3) is 0.308. The maximum absolute atomic E-state index is 13.0. The number of allylic oxidation sites excluding steroid dienone is 2. The van der Waals surface area contributed by atoms with Crippen molar-refractivity contribution in [3.8, 4) is 5.75 Å². The van der Waals surface area contributed by atoms with Gasteiger partial charge in [0.25, 0.3) is 0 Å². The second kappa shape index (κ2) is 7.41. The van der Waals surface area contributed by atoms with Crippen molar-refractivity contribution < 1.29 is 19.1 Å². The van der Waals surface area contributed by atoms with E-state index in [4.69, 9.17) is 9.47 Å². The van der Waals surface area contributed by atoms with Gasteiger partial charge in [-0.25, -0.2) is 4.79 Å². The largest absolute Gasteiger partial charge is 0.489 e. The Labute approximate surface area is 182 Å². The highest BCUT2D eigenvalue weighted by Gasteiger charge is 2.43. The molecule has 3 aliphatic rings. The van der Waals surface area contributed by atoms with E-state index in [0.717, 1.165) is 40.4 Å². The van der Waals surface area contributed by atoms with Crippen molar-refractivity contribution >= 4 is 17.4 Å². The summed E-state index contributed by atoms with van der Waals surface area (Å²) >= 11 is 0. The third kappa shape index (κ3) is 3.65. The first-order valence-corrected chi connectivity index (χ1v) is 10.6. The zero-order chi connectivity index (χ0) is 21.6. The van der Waals surface area contributed by atoms with E-state index in [1.807, 2.05) is 54.6 Å². The van der Waals surface area contributed by atoms with Gasteiger partial charge in [0.05, 0.1) is 11.3 Å². The molecule has 0 radical (unpaired) electrons. The highest BCUT2D eigenvalue weighted by Crippen LogP contribution is 2.47. The van der Waals surface area contributed by atoms with Crippen LogP contribution in [0.3, 0.4) is 0 Å². The molecule has 5 rings (SSSR count). The van der Waals surface area contributed by atoms with Gasteiger partial charge in [-0.1, -0.05) is 50.2 Å². The van der Waals surface area contributed by atoms with Crippen LogP contribution in [0.1, 0.15) is 38.7 Å². The number of hydrogen-bond donors (Lipinski definition) is 0. The van der Waals surface area contributed by atoms with Gasteiger partial charge in [-0.15, -0.1) is 0 Å². The van der Waals surface area contributed by atoms with Crippen molar-refractivity contribution in [2.24, 2.45) is 5.41 Å². The van der Waals surface area contributed by atoms with Crippen LogP contribution < -0.4 is 9.64 Å². The monoisotopic (exact) mass is 415 g/mol. The highest BCUT2D eigenvalue weighted by atomic mass is 16.5. The molecule has 0 N–H and O–H groups in total. The molecule has 2 heterocycles. The van der Waals surface area contributed by atoms with E-state index in [-0.39, 0.29) is 23.8 Å². The third-order valence-electron chi connectivity index (χ3n) is 6.12. The molecule has 31 heavy (non-hydrogen) atoms. The van der Waals surface area contributed by atoms with Gasteiger partial charge in [-0.3, -0.25) is 4.79 Å². The van der Waals surface area contributed by atoms with Crippen LogP contribution in [0, 0.1) is 5.41 Å². The lowest BCUT2D eigenvalue weighted by Gasteiger charge is -2.41. The second-order valence-corrected chi connectivity index (χ2v) is 9.15.